The number of rotatable bonds is 4. The van der Waals surface area contributed by atoms with Crippen LogP contribution in [0.1, 0.15) is 17.3 Å². The Bertz CT molecular complexity index is 328. The molecule has 0 bridgehead atoms. The van der Waals surface area contributed by atoms with Crippen LogP contribution < -0.4 is 0 Å². The summed E-state index contributed by atoms with van der Waals surface area (Å²) in [7, 11) is 0. The fraction of sp³-hybridized carbons (Fsp3) is 0.182. The maximum atomic E-state index is 10.6. The molecule has 0 amide bonds. The smallest absolute Gasteiger partial charge is 0.335 e. The van der Waals surface area contributed by atoms with Crippen molar-refractivity contribution in [1.82, 2.24) is 0 Å². The standard InChI is InChI=1S/C11H12O2S/c1-2-3-8-14-10-6-4-9(5-7-10)11(12)13/h2-7H,8H2,1H3,(H,12,13)/b3-2+. The van der Waals surface area contributed by atoms with Crippen LogP contribution in [0.2, 0.25) is 0 Å². The lowest BCUT2D eigenvalue weighted by Crippen LogP contribution is -1.94. The van der Waals surface area contributed by atoms with Gasteiger partial charge < -0.3 is 5.11 Å². The SMILES string of the molecule is C/C=C/CSc1ccc(C(=O)O)cc1. The van der Waals surface area contributed by atoms with Crippen LogP contribution in [0.25, 0.3) is 0 Å². The molecular formula is C11H12O2S. The lowest BCUT2D eigenvalue weighted by Gasteiger charge is -1.98. The van der Waals surface area contributed by atoms with Gasteiger partial charge in [-0.3, -0.25) is 0 Å². The van der Waals surface area contributed by atoms with Crippen molar-refractivity contribution >= 4 is 17.7 Å². The van der Waals surface area contributed by atoms with E-state index in [0.717, 1.165) is 10.6 Å². The van der Waals surface area contributed by atoms with Crippen molar-refractivity contribution in [3.05, 3.63) is 42.0 Å². The number of benzene rings is 1. The Kier molecular flexibility index (Phi) is 4.26. The summed E-state index contributed by atoms with van der Waals surface area (Å²) in [6.45, 7) is 1.98. The number of aromatic carboxylic acids is 1. The van der Waals surface area contributed by atoms with Crippen LogP contribution in [0.15, 0.2) is 41.3 Å². The predicted molar refractivity (Wildman–Crippen MR) is 58.9 cm³/mol. The molecule has 14 heavy (non-hydrogen) atoms. The Hall–Kier alpha value is -1.22. The van der Waals surface area contributed by atoms with Gasteiger partial charge in [0.1, 0.15) is 0 Å². The van der Waals surface area contributed by atoms with E-state index in [-0.39, 0.29) is 0 Å². The van der Waals surface area contributed by atoms with Crippen LogP contribution in [-0.4, -0.2) is 16.8 Å². The first kappa shape index (κ1) is 10.9. The molecule has 0 aliphatic carbocycles. The third kappa shape index (κ3) is 3.26. The van der Waals surface area contributed by atoms with E-state index in [2.05, 4.69) is 6.08 Å². The van der Waals surface area contributed by atoms with Crippen molar-refractivity contribution in [2.45, 2.75) is 11.8 Å². The molecule has 0 aliphatic heterocycles. The average molecular weight is 208 g/mol. The Morgan fingerprint density at radius 3 is 2.57 bits per heavy atom. The van der Waals surface area contributed by atoms with Gasteiger partial charge in [-0.25, -0.2) is 4.79 Å². The Balaban J connectivity index is 2.59. The van der Waals surface area contributed by atoms with Crippen LogP contribution in [0.3, 0.4) is 0 Å². The van der Waals surface area contributed by atoms with Gasteiger partial charge in [0.15, 0.2) is 0 Å². The zero-order chi connectivity index (χ0) is 10.4. The number of carboxylic acids is 1. The summed E-state index contributed by atoms with van der Waals surface area (Å²) in [4.78, 5) is 11.6. The monoisotopic (exact) mass is 208 g/mol. The van der Waals surface area contributed by atoms with Gasteiger partial charge in [0.25, 0.3) is 0 Å². The second-order valence-electron chi connectivity index (χ2n) is 2.71. The minimum Gasteiger partial charge on any atom is -0.478 e. The number of allylic oxidation sites excluding steroid dienone is 1. The van der Waals surface area contributed by atoms with E-state index in [9.17, 15) is 4.79 Å². The molecule has 0 fully saturated rings. The molecule has 1 rings (SSSR count). The second kappa shape index (κ2) is 5.50. The molecule has 0 radical (unpaired) electrons. The lowest BCUT2D eigenvalue weighted by molar-refractivity contribution is 0.0697. The highest BCUT2D eigenvalue weighted by atomic mass is 32.2. The van der Waals surface area contributed by atoms with Gasteiger partial charge in [-0.1, -0.05) is 12.2 Å². The predicted octanol–water partition coefficient (Wildman–Crippen LogP) is 3.05. The lowest BCUT2D eigenvalue weighted by atomic mass is 10.2. The van der Waals surface area contributed by atoms with Crippen molar-refractivity contribution < 1.29 is 9.90 Å². The summed E-state index contributed by atoms with van der Waals surface area (Å²) in [6.07, 6.45) is 4.06. The van der Waals surface area contributed by atoms with Crippen molar-refractivity contribution in [2.75, 3.05) is 5.75 Å². The van der Waals surface area contributed by atoms with Crippen LogP contribution >= 0.6 is 11.8 Å². The molecule has 0 spiro atoms. The maximum absolute atomic E-state index is 10.6. The fourth-order valence-corrected chi connectivity index (χ4v) is 1.74. The topological polar surface area (TPSA) is 37.3 Å². The largest absolute Gasteiger partial charge is 0.478 e. The van der Waals surface area contributed by atoms with Crippen LogP contribution in [0, 0.1) is 0 Å². The number of carbonyl (C=O) groups is 1. The van der Waals surface area contributed by atoms with Crippen LogP contribution in [0.5, 0.6) is 0 Å². The first-order valence-corrected chi connectivity index (χ1v) is 5.30. The molecule has 1 aromatic carbocycles. The summed E-state index contributed by atoms with van der Waals surface area (Å²) in [5, 5.41) is 8.67. The summed E-state index contributed by atoms with van der Waals surface area (Å²) in [5.41, 5.74) is 0.334. The van der Waals surface area contributed by atoms with Gasteiger partial charge in [0, 0.05) is 10.6 Å². The number of thioether (sulfide) groups is 1. The van der Waals surface area contributed by atoms with Gasteiger partial charge in [0.05, 0.1) is 5.56 Å². The molecule has 0 saturated heterocycles. The van der Waals surface area contributed by atoms with E-state index in [0.29, 0.717) is 5.56 Å². The van der Waals surface area contributed by atoms with Gasteiger partial charge in [-0.2, -0.15) is 0 Å². The second-order valence-corrected chi connectivity index (χ2v) is 3.80. The zero-order valence-electron chi connectivity index (χ0n) is 7.93. The zero-order valence-corrected chi connectivity index (χ0v) is 8.75. The molecular weight excluding hydrogens is 196 g/mol. The van der Waals surface area contributed by atoms with E-state index in [1.807, 2.05) is 25.1 Å². The minimum atomic E-state index is -0.880. The van der Waals surface area contributed by atoms with Crippen molar-refractivity contribution in [3.8, 4) is 0 Å². The number of carboxylic acid groups (broad SMARTS) is 1. The maximum Gasteiger partial charge on any atom is 0.335 e. The summed E-state index contributed by atoms with van der Waals surface area (Å²) in [5.74, 6) is 0.0399. The van der Waals surface area contributed by atoms with E-state index >= 15 is 0 Å². The molecule has 1 N–H and O–H groups in total. The highest BCUT2D eigenvalue weighted by Crippen LogP contribution is 2.18. The molecule has 74 valence electrons. The Labute approximate surface area is 87.6 Å². The van der Waals surface area contributed by atoms with Gasteiger partial charge in [0.2, 0.25) is 0 Å². The molecule has 2 nitrogen and oxygen atoms in total. The molecule has 0 heterocycles. The quantitative estimate of drug-likeness (QED) is 0.610. The van der Waals surface area contributed by atoms with Gasteiger partial charge in [-0.05, 0) is 31.2 Å². The summed E-state index contributed by atoms with van der Waals surface area (Å²) >= 11 is 1.69. The molecule has 1 aromatic rings. The highest BCUT2D eigenvalue weighted by Gasteiger charge is 2.00. The average Bonchev–Trinajstić information content (AvgIpc) is 2.19. The summed E-state index contributed by atoms with van der Waals surface area (Å²) in [6, 6.07) is 6.91. The van der Waals surface area contributed by atoms with Crippen molar-refractivity contribution in [3.63, 3.8) is 0 Å². The Morgan fingerprint density at radius 2 is 2.07 bits per heavy atom. The highest BCUT2D eigenvalue weighted by molar-refractivity contribution is 7.99. The number of hydrogen-bond donors (Lipinski definition) is 1. The molecule has 0 saturated carbocycles. The normalized spacial score (nSPS) is 10.6. The van der Waals surface area contributed by atoms with E-state index in [4.69, 9.17) is 5.11 Å². The third-order valence-corrected chi connectivity index (χ3v) is 2.65. The first-order chi connectivity index (χ1) is 6.74. The first-order valence-electron chi connectivity index (χ1n) is 4.31. The summed E-state index contributed by atoms with van der Waals surface area (Å²) < 4.78 is 0. The van der Waals surface area contributed by atoms with Gasteiger partial charge in [-0.15, -0.1) is 11.8 Å². The van der Waals surface area contributed by atoms with Crippen LogP contribution in [0.4, 0.5) is 0 Å². The van der Waals surface area contributed by atoms with Gasteiger partial charge >= 0.3 is 5.97 Å². The van der Waals surface area contributed by atoms with Crippen LogP contribution in [-0.2, 0) is 0 Å². The fourth-order valence-electron chi connectivity index (χ4n) is 0.934. The van der Waals surface area contributed by atoms with E-state index in [1.165, 1.54) is 0 Å². The molecule has 0 aromatic heterocycles. The van der Waals surface area contributed by atoms with E-state index < -0.39 is 5.97 Å². The molecule has 3 heteroatoms. The van der Waals surface area contributed by atoms with Crippen molar-refractivity contribution in [2.24, 2.45) is 0 Å². The van der Waals surface area contributed by atoms with E-state index in [1.54, 1.807) is 23.9 Å². The van der Waals surface area contributed by atoms with Crippen molar-refractivity contribution in [1.29, 1.82) is 0 Å². The minimum absolute atomic E-state index is 0.334. The number of hydrogen-bond acceptors (Lipinski definition) is 2. The molecule has 0 aliphatic rings. The molecule has 0 unspecified atom stereocenters. The molecule has 0 atom stereocenters. The Morgan fingerprint density at radius 1 is 1.43 bits per heavy atom. The third-order valence-electron chi connectivity index (χ3n) is 1.68.